The Labute approximate surface area is 231 Å². The normalized spacial score (nSPS) is 11.9. The number of benzene rings is 4. The standard InChI is InChI=1S/C33H29FN2O4/c34-22-30(39-35)28-21-29(37)31(38-32(24-13-5-1-6-14-24)25-15-7-2-8-16-25)23-36(28)40-33(26-17-9-3-10-18-26)27-19-11-4-12-20-27/h1-21,23,30,32-33H,22,35H2. The van der Waals surface area contributed by atoms with E-state index in [-0.39, 0.29) is 11.4 Å². The average Bonchev–Trinajstić information content (AvgIpc) is 3.02. The first kappa shape index (κ1) is 26.9. The molecule has 202 valence electrons. The number of nitrogens with zero attached hydrogens (tertiary/aromatic N) is 1. The van der Waals surface area contributed by atoms with Gasteiger partial charge in [-0.3, -0.25) is 9.63 Å². The number of ether oxygens (including phenoxy) is 1. The van der Waals surface area contributed by atoms with Crippen LogP contribution in [-0.2, 0) is 4.84 Å². The molecule has 0 saturated carbocycles. The van der Waals surface area contributed by atoms with E-state index in [4.69, 9.17) is 20.3 Å². The van der Waals surface area contributed by atoms with Crippen LogP contribution in [0.25, 0.3) is 0 Å². The van der Waals surface area contributed by atoms with Gasteiger partial charge in [0, 0.05) is 6.07 Å². The number of hydrogen-bond acceptors (Lipinski definition) is 5. The van der Waals surface area contributed by atoms with Gasteiger partial charge in [-0.05, 0) is 22.3 Å². The quantitative estimate of drug-likeness (QED) is 0.205. The summed E-state index contributed by atoms with van der Waals surface area (Å²) >= 11 is 0. The lowest BCUT2D eigenvalue weighted by Crippen LogP contribution is -2.28. The Morgan fingerprint density at radius 1 is 0.675 bits per heavy atom. The highest BCUT2D eigenvalue weighted by atomic mass is 19.1. The van der Waals surface area contributed by atoms with Crippen molar-refractivity contribution in [3.63, 3.8) is 0 Å². The Hall–Kier alpha value is -4.72. The van der Waals surface area contributed by atoms with Crippen molar-refractivity contribution in [2.75, 3.05) is 6.67 Å². The van der Waals surface area contributed by atoms with Crippen molar-refractivity contribution in [1.82, 2.24) is 4.73 Å². The van der Waals surface area contributed by atoms with E-state index in [1.54, 1.807) is 0 Å². The first-order chi connectivity index (χ1) is 19.7. The van der Waals surface area contributed by atoms with E-state index in [0.717, 1.165) is 22.3 Å². The van der Waals surface area contributed by atoms with Crippen LogP contribution in [-0.4, -0.2) is 11.4 Å². The summed E-state index contributed by atoms with van der Waals surface area (Å²) in [7, 11) is 0. The van der Waals surface area contributed by atoms with Crippen molar-refractivity contribution < 1.29 is 18.8 Å². The second-order valence-electron chi connectivity index (χ2n) is 9.16. The van der Waals surface area contributed by atoms with Crippen LogP contribution >= 0.6 is 0 Å². The van der Waals surface area contributed by atoms with Gasteiger partial charge < -0.3 is 9.57 Å². The van der Waals surface area contributed by atoms with Crippen LogP contribution in [0, 0.1) is 0 Å². The molecule has 5 rings (SSSR count). The molecule has 1 heterocycles. The molecule has 0 spiro atoms. The van der Waals surface area contributed by atoms with E-state index in [9.17, 15) is 9.18 Å². The van der Waals surface area contributed by atoms with Crippen molar-refractivity contribution in [2.24, 2.45) is 5.90 Å². The molecule has 0 amide bonds. The Kier molecular flexibility index (Phi) is 8.66. The lowest BCUT2D eigenvalue weighted by atomic mass is 10.0. The third-order valence-corrected chi connectivity index (χ3v) is 6.52. The molecule has 40 heavy (non-hydrogen) atoms. The lowest BCUT2D eigenvalue weighted by Gasteiger charge is -2.26. The Morgan fingerprint density at radius 2 is 1.10 bits per heavy atom. The number of halogens is 1. The second-order valence-corrected chi connectivity index (χ2v) is 9.16. The van der Waals surface area contributed by atoms with Gasteiger partial charge in [0.25, 0.3) is 0 Å². The highest BCUT2D eigenvalue weighted by molar-refractivity contribution is 5.34. The molecule has 1 unspecified atom stereocenters. The molecule has 0 saturated heterocycles. The average molecular weight is 537 g/mol. The smallest absolute Gasteiger partial charge is 0.224 e. The number of nitrogens with two attached hydrogens (primary N) is 1. The first-order valence-corrected chi connectivity index (χ1v) is 12.9. The van der Waals surface area contributed by atoms with Crippen LogP contribution in [0.3, 0.4) is 0 Å². The van der Waals surface area contributed by atoms with Crippen LogP contribution < -0.4 is 20.9 Å². The summed E-state index contributed by atoms with van der Waals surface area (Å²) in [4.78, 5) is 24.7. The third-order valence-electron chi connectivity index (χ3n) is 6.52. The van der Waals surface area contributed by atoms with Gasteiger partial charge in [0.2, 0.25) is 5.43 Å². The topological polar surface area (TPSA) is 75.7 Å². The van der Waals surface area contributed by atoms with Crippen LogP contribution in [0.1, 0.15) is 46.3 Å². The molecular weight excluding hydrogens is 507 g/mol. The van der Waals surface area contributed by atoms with Gasteiger partial charge >= 0.3 is 0 Å². The molecular formula is C33H29FN2O4. The molecule has 0 radical (unpaired) electrons. The number of alkyl halides is 1. The zero-order valence-corrected chi connectivity index (χ0v) is 21.7. The summed E-state index contributed by atoms with van der Waals surface area (Å²) in [6.07, 6.45) is -0.963. The van der Waals surface area contributed by atoms with Crippen molar-refractivity contribution in [3.05, 3.63) is 172 Å². The molecule has 4 aromatic carbocycles. The molecule has 6 nitrogen and oxygen atoms in total. The highest BCUT2D eigenvalue weighted by Gasteiger charge is 2.25. The third kappa shape index (κ3) is 6.12. The zero-order chi connectivity index (χ0) is 27.7. The van der Waals surface area contributed by atoms with E-state index in [1.807, 2.05) is 121 Å². The van der Waals surface area contributed by atoms with Crippen molar-refractivity contribution in [1.29, 1.82) is 0 Å². The predicted octanol–water partition coefficient (Wildman–Crippen LogP) is 6.14. The Morgan fingerprint density at radius 3 is 1.50 bits per heavy atom. The minimum Gasteiger partial charge on any atom is -0.475 e. The summed E-state index contributed by atoms with van der Waals surface area (Å²) in [6, 6.07) is 39.7. The maximum Gasteiger partial charge on any atom is 0.224 e. The van der Waals surface area contributed by atoms with Gasteiger partial charge in [-0.1, -0.05) is 121 Å². The number of rotatable bonds is 11. The van der Waals surface area contributed by atoms with Crippen LogP contribution in [0.4, 0.5) is 4.39 Å². The summed E-state index contributed by atoms with van der Waals surface area (Å²) in [5.74, 6) is 5.44. The molecule has 0 aliphatic rings. The molecule has 0 aliphatic heterocycles. The van der Waals surface area contributed by atoms with Gasteiger partial charge in [-0.15, -0.1) is 0 Å². The van der Waals surface area contributed by atoms with Gasteiger partial charge in [0.05, 0.1) is 11.9 Å². The molecule has 2 N–H and O–H groups in total. The van der Waals surface area contributed by atoms with Crippen LogP contribution in [0.2, 0.25) is 0 Å². The molecule has 7 heteroatoms. The molecule has 0 fully saturated rings. The predicted molar refractivity (Wildman–Crippen MR) is 151 cm³/mol. The van der Waals surface area contributed by atoms with Crippen LogP contribution in [0.5, 0.6) is 5.75 Å². The number of hydrogen-bond donors (Lipinski definition) is 1. The van der Waals surface area contributed by atoms with Gasteiger partial charge in [0.1, 0.15) is 12.8 Å². The Balaban J connectivity index is 1.60. The minimum atomic E-state index is -1.23. The van der Waals surface area contributed by atoms with Gasteiger partial charge in [-0.2, -0.15) is 4.73 Å². The van der Waals surface area contributed by atoms with E-state index in [2.05, 4.69) is 0 Å². The fraction of sp³-hybridized carbons (Fsp3) is 0.121. The molecule has 5 aromatic rings. The van der Waals surface area contributed by atoms with Gasteiger partial charge in [0.15, 0.2) is 18.0 Å². The van der Waals surface area contributed by atoms with E-state index in [0.29, 0.717) is 0 Å². The Bertz CT molecular complexity index is 1470. The molecule has 0 bridgehead atoms. The van der Waals surface area contributed by atoms with Crippen molar-refractivity contribution in [3.8, 4) is 5.75 Å². The number of aromatic nitrogens is 1. The van der Waals surface area contributed by atoms with Crippen molar-refractivity contribution >= 4 is 0 Å². The van der Waals surface area contributed by atoms with Gasteiger partial charge in [-0.25, -0.2) is 10.3 Å². The monoisotopic (exact) mass is 536 g/mol. The molecule has 0 aliphatic carbocycles. The maximum absolute atomic E-state index is 14.0. The largest absolute Gasteiger partial charge is 0.475 e. The summed E-state index contributed by atoms with van der Waals surface area (Å²) in [5, 5.41) is 0. The summed E-state index contributed by atoms with van der Waals surface area (Å²) in [6.45, 7) is -0.961. The summed E-state index contributed by atoms with van der Waals surface area (Å²) in [5.41, 5.74) is 3.11. The first-order valence-electron chi connectivity index (χ1n) is 12.9. The fourth-order valence-electron chi connectivity index (χ4n) is 4.51. The van der Waals surface area contributed by atoms with Crippen LogP contribution in [0.15, 0.2) is 138 Å². The van der Waals surface area contributed by atoms with E-state index >= 15 is 0 Å². The van der Waals surface area contributed by atoms with E-state index < -0.39 is 30.4 Å². The highest BCUT2D eigenvalue weighted by Crippen LogP contribution is 2.29. The fourth-order valence-corrected chi connectivity index (χ4v) is 4.51. The second kappa shape index (κ2) is 12.9. The zero-order valence-electron chi connectivity index (χ0n) is 21.7. The van der Waals surface area contributed by atoms with Crippen molar-refractivity contribution in [2.45, 2.75) is 18.3 Å². The minimum absolute atomic E-state index is 0.0240. The molecule has 1 atom stereocenters. The van der Waals surface area contributed by atoms with E-state index in [1.165, 1.54) is 17.0 Å². The number of pyridine rings is 1. The molecule has 1 aromatic heterocycles. The summed E-state index contributed by atoms with van der Waals surface area (Å²) < 4.78 is 21.7. The SMILES string of the molecule is NOC(CF)c1cc(=O)c(OC(c2ccccc2)c2ccccc2)cn1OC(c1ccccc1)c1ccccc1. The lowest BCUT2D eigenvalue weighted by molar-refractivity contribution is -0.00505. The maximum atomic E-state index is 14.0.